The molecule has 7 rings (SSSR count). The Labute approximate surface area is 255 Å². The Hall–Kier alpha value is -3.80. The van der Waals surface area contributed by atoms with Crippen LogP contribution in [-0.2, 0) is 0 Å². The molecular formula is C35H31Cl2N3O2. The number of halogens is 2. The zero-order valence-electron chi connectivity index (χ0n) is 23.1. The van der Waals surface area contributed by atoms with Gasteiger partial charge in [0.2, 0.25) is 0 Å². The number of piperidine rings is 1. The minimum atomic E-state index is -0.284. The molecule has 0 radical (unpaired) electrons. The molecule has 5 aromatic rings. The number of carbonyl (C=O) groups is 1. The quantitative estimate of drug-likeness (QED) is 0.184. The van der Waals surface area contributed by atoms with Crippen molar-refractivity contribution >= 4 is 40.3 Å². The highest BCUT2D eigenvalue weighted by atomic mass is 35.5. The second-order valence-electron chi connectivity index (χ2n) is 11.3. The smallest absolute Gasteiger partial charge is 0.410 e. The van der Waals surface area contributed by atoms with E-state index in [0.717, 1.165) is 33.9 Å². The average Bonchev–Trinajstić information content (AvgIpc) is 3.80. The molecule has 2 aliphatic rings. The molecule has 1 aromatic heterocycles. The van der Waals surface area contributed by atoms with Crippen LogP contribution in [0.5, 0.6) is 5.75 Å². The first-order chi connectivity index (χ1) is 20.5. The van der Waals surface area contributed by atoms with E-state index in [9.17, 15) is 4.79 Å². The number of hydrogen-bond donors (Lipinski definition) is 0. The SMILES string of the molecule is O=C(Oc1ccccc1)N1CCC(n2c(C3CC3)nc3ccc(C(c4ccc(Cl)cc4)c4ccc(Cl)cc4)cc32)CC1. The third kappa shape index (κ3) is 5.51. The van der Waals surface area contributed by atoms with Gasteiger partial charge in [0.05, 0.1) is 11.0 Å². The van der Waals surface area contributed by atoms with E-state index in [1.165, 1.54) is 35.4 Å². The number of nitrogens with zero attached hydrogens (tertiary/aromatic N) is 3. The van der Waals surface area contributed by atoms with Gasteiger partial charge < -0.3 is 14.2 Å². The monoisotopic (exact) mass is 595 g/mol. The molecule has 0 N–H and O–H groups in total. The van der Waals surface area contributed by atoms with E-state index in [-0.39, 0.29) is 18.1 Å². The van der Waals surface area contributed by atoms with E-state index in [2.05, 4.69) is 47.0 Å². The lowest BCUT2D eigenvalue weighted by Gasteiger charge is -2.33. The topological polar surface area (TPSA) is 47.4 Å². The van der Waals surface area contributed by atoms with Gasteiger partial charge in [-0.2, -0.15) is 0 Å². The van der Waals surface area contributed by atoms with E-state index in [1.807, 2.05) is 59.5 Å². The first kappa shape index (κ1) is 27.1. The molecule has 0 bridgehead atoms. The van der Waals surface area contributed by atoms with Crippen molar-refractivity contribution in [3.05, 3.63) is 130 Å². The first-order valence-corrected chi connectivity index (χ1v) is 15.3. The van der Waals surface area contributed by atoms with Crippen LogP contribution in [0.25, 0.3) is 11.0 Å². The van der Waals surface area contributed by atoms with Crippen LogP contribution in [0.15, 0.2) is 97.1 Å². The van der Waals surface area contributed by atoms with E-state index < -0.39 is 0 Å². The predicted molar refractivity (Wildman–Crippen MR) is 168 cm³/mol. The molecule has 4 aromatic carbocycles. The fourth-order valence-electron chi connectivity index (χ4n) is 6.17. The number of benzene rings is 4. The zero-order chi connectivity index (χ0) is 28.6. The van der Waals surface area contributed by atoms with Gasteiger partial charge >= 0.3 is 6.09 Å². The number of likely N-dealkylation sites (tertiary alicyclic amines) is 1. The van der Waals surface area contributed by atoms with Crippen LogP contribution in [0.3, 0.4) is 0 Å². The number of aromatic nitrogens is 2. The van der Waals surface area contributed by atoms with Crippen LogP contribution in [0, 0.1) is 0 Å². The van der Waals surface area contributed by atoms with Crippen molar-refractivity contribution in [3.63, 3.8) is 0 Å². The largest absolute Gasteiger partial charge is 0.415 e. The van der Waals surface area contributed by atoms with Gasteiger partial charge in [-0.05, 0) is 90.9 Å². The summed E-state index contributed by atoms with van der Waals surface area (Å²) < 4.78 is 8.10. The minimum Gasteiger partial charge on any atom is -0.410 e. The van der Waals surface area contributed by atoms with Gasteiger partial charge in [0.15, 0.2) is 0 Å². The number of imidazole rings is 1. The molecule has 1 amide bonds. The van der Waals surface area contributed by atoms with Crippen molar-refractivity contribution in [1.29, 1.82) is 0 Å². The highest BCUT2D eigenvalue weighted by Gasteiger charge is 2.34. The molecule has 0 atom stereocenters. The molecule has 5 nitrogen and oxygen atoms in total. The Morgan fingerprint density at radius 3 is 1.95 bits per heavy atom. The molecule has 2 fully saturated rings. The Kier molecular flexibility index (Phi) is 7.39. The molecule has 1 saturated carbocycles. The Morgan fingerprint density at radius 2 is 1.36 bits per heavy atom. The van der Waals surface area contributed by atoms with Gasteiger partial charge in [0.25, 0.3) is 0 Å². The number of amides is 1. The first-order valence-electron chi connectivity index (χ1n) is 14.6. The standard InChI is InChI=1S/C35H31Cl2N3O2/c36-27-13-8-23(9-14-27)33(24-10-15-28(37)16-11-24)26-12-17-31-32(22-26)40(34(38-31)25-6-7-25)29-18-20-39(21-19-29)35(41)42-30-4-2-1-3-5-30/h1-5,8-17,22,25,29,33H,6-7,18-21H2. The number of ether oxygens (including phenoxy) is 1. The zero-order valence-corrected chi connectivity index (χ0v) is 24.6. The minimum absolute atomic E-state index is 0.0197. The lowest BCUT2D eigenvalue weighted by molar-refractivity contribution is 0.132. The summed E-state index contributed by atoms with van der Waals surface area (Å²) >= 11 is 12.5. The molecule has 0 spiro atoms. The maximum atomic E-state index is 12.9. The Morgan fingerprint density at radius 1 is 0.762 bits per heavy atom. The van der Waals surface area contributed by atoms with Crippen molar-refractivity contribution in [2.75, 3.05) is 13.1 Å². The number of para-hydroxylation sites is 1. The Bertz CT molecular complexity index is 1660. The van der Waals surface area contributed by atoms with E-state index in [4.69, 9.17) is 32.9 Å². The lowest BCUT2D eigenvalue weighted by Crippen LogP contribution is -2.40. The molecule has 7 heteroatoms. The van der Waals surface area contributed by atoms with Crippen molar-refractivity contribution < 1.29 is 9.53 Å². The maximum Gasteiger partial charge on any atom is 0.415 e. The summed E-state index contributed by atoms with van der Waals surface area (Å²) in [6.45, 7) is 1.30. The summed E-state index contributed by atoms with van der Waals surface area (Å²) in [4.78, 5) is 19.8. The molecule has 212 valence electrons. The number of fused-ring (bicyclic) bond motifs is 1. The summed E-state index contributed by atoms with van der Waals surface area (Å²) in [5.41, 5.74) is 5.71. The third-order valence-electron chi connectivity index (χ3n) is 8.46. The summed E-state index contributed by atoms with van der Waals surface area (Å²) in [7, 11) is 0. The van der Waals surface area contributed by atoms with Crippen LogP contribution in [0.4, 0.5) is 4.79 Å². The lowest BCUT2D eigenvalue weighted by atomic mass is 9.85. The van der Waals surface area contributed by atoms with Crippen molar-refractivity contribution in [2.45, 2.75) is 43.6 Å². The van der Waals surface area contributed by atoms with Crippen molar-refractivity contribution in [1.82, 2.24) is 14.5 Å². The van der Waals surface area contributed by atoms with E-state index in [0.29, 0.717) is 24.8 Å². The van der Waals surface area contributed by atoms with Crippen molar-refractivity contribution in [2.24, 2.45) is 0 Å². The van der Waals surface area contributed by atoms with Gasteiger partial charge in [0, 0.05) is 41.0 Å². The van der Waals surface area contributed by atoms with Crippen LogP contribution in [-0.4, -0.2) is 33.6 Å². The van der Waals surface area contributed by atoms with Crippen LogP contribution in [0.1, 0.15) is 66.1 Å². The Balaban J connectivity index is 1.22. The normalized spacial score (nSPS) is 15.8. The maximum absolute atomic E-state index is 12.9. The second-order valence-corrected chi connectivity index (χ2v) is 12.2. The van der Waals surface area contributed by atoms with Crippen LogP contribution in [0.2, 0.25) is 10.0 Å². The summed E-state index contributed by atoms with van der Waals surface area (Å²) in [5, 5.41) is 1.44. The number of hydrogen-bond acceptors (Lipinski definition) is 3. The highest BCUT2D eigenvalue weighted by molar-refractivity contribution is 6.30. The van der Waals surface area contributed by atoms with Gasteiger partial charge in [0.1, 0.15) is 11.6 Å². The summed E-state index contributed by atoms with van der Waals surface area (Å²) in [6.07, 6.45) is 3.79. The second kappa shape index (κ2) is 11.5. The third-order valence-corrected chi connectivity index (χ3v) is 8.96. The van der Waals surface area contributed by atoms with Crippen LogP contribution >= 0.6 is 23.2 Å². The molecular weight excluding hydrogens is 565 g/mol. The van der Waals surface area contributed by atoms with Gasteiger partial charge in [-0.25, -0.2) is 9.78 Å². The molecule has 1 aliphatic heterocycles. The average molecular weight is 597 g/mol. The number of rotatable bonds is 6. The fourth-order valence-corrected chi connectivity index (χ4v) is 6.42. The number of carbonyl (C=O) groups excluding carboxylic acids is 1. The van der Waals surface area contributed by atoms with E-state index in [1.54, 1.807) is 0 Å². The molecule has 1 aliphatic carbocycles. The van der Waals surface area contributed by atoms with Crippen molar-refractivity contribution in [3.8, 4) is 5.75 Å². The van der Waals surface area contributed by atoms with E-state index >= 15 is 0 Å². The molecule has 42 heavy (non-hydrogen) atoms. The highest BCUT2D eigenvalue weighted by Crippen LogP contribution is 2.44. The molecule has 2 heterocycles. The predicted octanol–water partition coefficient (Wildman–Crippen LogP) is 9.24. The summed E-state index contributed by atoms with van der Waals surface area (Å²) in [6, 6.07) is 32.4. The fraction of sp³-hybridized carbons (Fsp3) is 0.257. The summed E-state index contributed by atoms with van der Waals surface area (Å²) in [5.74, 6) is 2.28. The van der Waals surface area contributed by atoms with Crippen LogP contribution < -0.4 is 4.74 Å². The molecule has 0 unspecified atom stereocenters. The van der Waals surface area contributed by atoms with Gasteiger partial charge in [-0.3, -0.25) is 0 Å². The molecule has 1 saturated heterocycles. The van der Waals surface area contributed by atoms with Gasteiger partial charge in [-0.15, -0.1) is 0 Å². The van der Waals surface area contributed by atoms with Gasteiger partial charge in [-0.1, -0.05) is 71.7 Å².